The maximum atomic E-state index is 11.4. The quantitative estimate of drug-likeness (QED) is 0.666. The van der Waals surface area contributed by atoms with Crippen molar-refractivity contribution < 1.29 is 33.0 Å². The highest BCUT2D eigenvalue weighted by molar-refractivity contribution is 7.92. The molecule has 0 amide bonds. The van der Waals surface area contributed by atoms with Crippen molar-refractivity contribution in [3.8, 4) is 16.2 Å². The van der Waals surface area contributed by atoms with E-state index in [9.17, 15) is 23.1 Å². The molecule has 0 saturated carbocycles. The van der Waals surface area contributed by atoms with Crippen molar-refractivity contribution in [2.75, 3.05) is 17.6 Å². The second kappa shape index (κ2) is 7.11. The molecule has 134 valence electrons. The number of benzene rings is 1. The summed E-state index contributed by atoms with van der Waals surface area (Å²) in [5, 5.41) is 18.0. The fraction of sp³-hybridized carbons (Fsp3) is 0.200. The van der Waals surface area contributed by atoms with E-state index in [1.807, 2.05) is 0 Å². The van der Waals surface area contributed by atoms with Crippen LogP contribution in [0, 0.1) is 6.92 Å². The van der Waals surface area contributed by atoms with E-state index in [1.54, 1.807) is 31.2 Å². The fourth-order valence-electron chi connectivity index (χ4n) is 2.13. The number of hydrogen-bond acceptors (Lipinski definition) is 6. The molecule has 0 unspecified atom stereocenters. The number of nitrogens with one attached hydrogen (secondary N) is 1. The molecular formula is C15H15NO7S2. The minimum Gasteiger partial charge on any atom is -0.480 e. The van der Waals surface area contributed by atoms with Crippen LogP contribution in [0.3, 0.4) is 0 Å². The lowest BCUT2D eigenvalue weighted by atomic mass is 10.1. The third-order valence-corrected chi connectivity index (χ3v) is 4.99. The number of rotatable bonds is 7. The molecule has 1 heterocycles. The van der Waals surface area contributed by atoms with Crippen molar-refractivity contribution in [3.63, 3.8) is 0 Å². The first kappa shape index (κ1) is 18.7. The number of ether oxygens (including phenoxy) is 1. The van der Waals surface area contributed by atoms with Crippen molar-refractivity contribution in [2.24, 2.45) is 0 Å². The van der Waals surface area contributed by atoms with E-state index in [1.165, 1.54) is 0 Å². The van der Waals surface area contributed by atoms with Gasteiger partial charge in [-0.2, -0.15) is 0 Å². The van der Waals surface area contributed by atoms with Gasteiger partial charge in [-0.1, -0.05) is 12.1 Å². The first-order valence-corrected chi connectivity index (χ1v) is 9.59. The zero-order valence-corrected chi connectivity index (χ0v) is 14.9. The average molecular weight is 385 g/mol. The lowest BCUT2D eigenvalue weighted by Crippen LogP contribution is -2.11. The number of sulfonamides is 1. The summed E-state index contributed by atoms with van der Waals surface area (Å²) in [5.41, 5.74) is 1.54. The minimum atomic E-state index is -3.39. The molecule has 0 saturated heterocycles. The largest absolute Gasteiger partial charge is 0.480 e. The van der Waals surface area contributed by atoms with E-state index in [-0.39, 0.29) is 10.6 Å². The Kier molecular flexibility index (Phi) is 5.33. The summed E-state index contributed by atoms with van der Waals surface area (Å²) in [5.74, 6) is -2.40. The van der Waals surface area contributed by atoms with Gasteiger partial charge in [0, 0.05) is 16.1 Å². The van der Waals surface area contributed by atoms with Gasteiger partial charge >= 0.3 is 11.9 Å². The molecule has 1 aromatic carbocycles. The zero-order chi connectivity index (χ0) is 18.8. The Hall–Kier alpha value is -2.59. The number of thiophene rings is 1. The summed E-state index contributed by atoms with van der Waals surface area (Å²) in [6, 6.07) is 6.37. The predicted octanol–water partition coefficient (Wildman–Crippen LogP) is 2.26. The number of carbonyl (C=O) groups is 2. The zero-order valence-electron chi connectivity index (χ0n) is 13.3. The maximum Gasteiger partial charge on any atom is 0.349 e. The van der Waals surface area contributed by atoms with Gasteiger partial charge in [0.1, 0.15) is 5.75 Å². The standard InChI is InChI=1S/C15H15NO7S2/c1-8-12(23-7-11(17)18)14(15(19)20)24-13(8)9-3-5-10(6-4-9)16-25(2,21)22/h3-6,16H,7H2,1-2H3,(H,17,18)(H,19,20). The van der Waals surface area contributed by atoms with Crippen LogP contribution in [0.2, 0.25) is 0 Å². The van der Waals surface area contributed by atoms with Crippen LogP contribution in [-0.4, -0.2) is 43.4 Å². The van der Waals surface area contributed by atoms with Crippen molar-refractivity contribution >= 4 is 39.0 Å². The number of carboxylic acids is 2. The monoisotopic (exact) mass is 385 g/mol. The van der Waals surface area contributed by atoms with Gasteiger partial charge in [-0.25, -0.2) is 18.0 Å². The molecule has 25 heavy (non-hydrogen) atoms. The molecule has 0 aliphatic heterocycles. The maximum absolute atomic E-state index is 11.4. The third-order valence-electron chi connectivity index (χ3n) is 3.08. The SMILES string of the molecule is Cc1c(-c2ccc(NS(C)(=O)=O)cc2)sc(C(=O)O)c1OCC(=O)O. The Bertz CT molecular complexity index is 914. The Morgan fingerprint density at radius 3 is 2.28 bits per heavy atom. The van der Waals surface area contributed by atoms with Crippen LogP contribution >= 0.6 is 11.3 Å². The van der Waals surface area contributed by atoms with Gasteiger partial charge in [-0.3, -0.25) is 4.72 Å². The van der Waals surface area contributed by atoms with Crippen LogP contribution in [0.25, 0.3) is 10.4 Å². The van der Waals surface area contributed by atoms with E-state index in [0.29, 0.717) is 21.7 Å². The molecule has 0 aliphatic rings. The van der Waals surface area contributed by atoms with Gasteiger partial charge in [0.2, 0.25) is 10.0 Å². The molecule has 0 spiro atoms. The topological polar surface area (TPSA) is 130 Å². The normalized spacial score (nSPS) is 11.1. The molecule has 0 aliphatic carbocycles. The van der Waals surface area contributed by atoms with Crippen LogP contribution in [0.1, 0.15) is 15.2 Å². The lowest BCUT2D eigenvalue weighted by Gasteiger charge is -2.06. The van der Waals surface area contributed by atoms with Crippen molar-refractivity contribution in [2.45, 2.75) is 6.92 Å². The second-order valence-electron chi connectivity index (χ2n) is 5.15. The summed E-state index contributed by atoms with van der Waals surface area (Å²) in [7, 11) is -3.39. The van der Waals surface area contributed by atoms with Crippen LogP contribution in [0.4, 0.5) is 5.69 Å². The van der Waals surface area contributed by atoms with Gasteiger partial charge in [0.15, 0.2) is 11.5 Å². The molecule has 3 N–H and O–H groups in total. The van der Waals surface area contributed by atoms with Crippen molar-refractivity contribution in [3.05, 3.63) is 34.7 Å². The number of anilines is 1. The van der Waals surface area contributed by atoms with Gasteiger partial charge in [0.05, 0.1) is 6.26 Å². The minimum absolute atomic E-state index is 0.0215. The smallest absolute Gasteiger partial charge is 0.349 e. The molecule has 2 rings (SSSR count). The number of aliphatic carboxylic acids is 1. The highest BCUT2D eigenvalue weighted by Crippen LogP contribution is 2.41. The molecule has 0 radical (unpaired) electrons. The van der Waals surface area contributed by atoms with Gasteiger partial charge in [-0.15, -0.1) is 11.3 Å². The molecule has 0 fully saturated rings. The molecule has 8 nitrogen and oxygen atoms in total. The molecule has 0 bridgehead atoms. The van der Waals surface area contributed by atoms with Crippen molar-refractivity contribution in [1.29, 1.82) is 0 Å². The summed E-state index contributed by atoms with van der Waals surface area (Å²) < 4.78 is 29.9. The van der Waals surface area contributed by atoms with Crippen molar-refractivity contribution in [1.82, 2.24) is 0 Å². The molecule has 0 atom stereocenters. The first-order valence-electron chi connectivity index (χ1n) is 6.88. The Balaban J connectivity index is 2.40. The Morgan fingerprint density at radius 2 is 1.80 bits per heavy atom. The van der Waals surface area contributed by atoms with Gasteiger partial charge in [0.25, 0.3) is 0 Å². The summed E-state index contributed by atoms with van der Waals surface area (Å²) in [4.78, 5) is 22.6. The van der Waals surface area contributed by atoms with E-state index in [2.05, 4.69) is 4.72 Å². The van der Waals surface area contributed by atoms with E-state index < -0.39 is 28.6 Å². The van der Waals surface area contributed by atoms with Gasteiger partial charge < -0.3 is 14.9 Å². The second-order valence-corrected chi connectivity index (χ2v) is 7.92. The number of carboxylic acid groups (broad SMARTS) is 2. The van der Waals surface area contributed by atoms with E-state index >= 15 is 0 Å². The molecule has 1 aromatic heterocycles. The van der Waals surface area contributed by atoms with E-state index in [0.717, 1.165) is 17.6 Å². The third kappa shape index (κ3) is 4.70. The Morgan fingerprint density at radius 1 is 1.20 bits per heavy atom. The lowest BCUT2D eigenvalue weighted by molar-refractivity contribution is -0.139. The van der Waals surface area contributed by atoms with Crippen LogP contribution in [0.5, 0.6) is 5.75 Å². The summed E-state index contributed by atoms with van der Waals surface area (Å²) in [6.07, 6.45) is 1.04. The van der Waals surface area contributed by atoms with Crippen LogP contribution in [0.15, 0.2) is 24.3 Å². The molecular weight excluding hydrogens is 370 g/mol. The summed E-state index contributed by atoms with van der Waals surface area (Å²) >= 11 is 0.962. The molecule has 10 heteroatoms. The fourth-order valence-corrected chi connectivity index (χ4v) is 3.79. The highest BCUT2D eigenvalue weighted by atomic mass is 32.2. The Labute approximate surface area is 147 Å². The number of aromatic carboxylic acids is 1. The highest BCUT2D eigenvalue weighted by Gasteiger charge is 2.23. The summed E-state index contributed by atoms with van der Waals surface area (Å²) in [6.45, 7) is 0.993. The van der Waals surface area contributed by atoms with Crippen LogP contribution in [-0.2, 0) is 14.8 Å². The first-order chi connectivity index (χ1) is 11.6. The van der Waals surface area contributed by atoms with Gasteiger partial charge in [-0.05, 0) is 24.6 Å². The molecule has 2 aromatic rings. The van der Waals surface area contributed by atoms with Crippen LogP contribution < -0.4 is 9.46 Å². The average Bonchev–Trinajstić information content (AvgIpc) is 2.81. The van der Waals surface area contributed by atoms with E-state index in [4.69, 9.17) is 9.84 Å². The predicted molar refractivity (Wildman–Crippen MR) is 93.0 cm³/mol. The number of hydrogen-bond donors (Lipinski definition) is 3.